The van der Waals surface area contributed by atoms with E-state index >= 15 is 0 Å². The summed E-state index contributed by atoms with van der Waals surface area (Å²) in [6.45, 7) is 9.79. The molecular formula is C23H30N2O. The van der Waals surface area contributed by atoms with Gasteiger partial charge in [0.15, 0.2) is 0 Å². The topological polar surface area (TPSA) is 23.6 Å². The van der Waals surface area contributed by atoms with Gasteiger partial charge in [-0.1, -0.05) is 60.7 Å². The molecule has 1 saturated heterocycles. The van der Waals surface area contributed by atoms with Crippen molar-refractivity contribution in [3.05, 3.63) is 71.8 Å². The Morgan fingerprint density at radius 2 is 1.65 bits per heavy atom. The van der Waals surface area contributed by atoms with E-state index in [2.05, 4.69) is 79.4 Å². The van der Waals surface area contributed by atoms with Crippen molar-refractivity contribution >= 4 is 5.91 Å². The lowest BCUT2D eigenvalue weighted by molar-refractivity contribution is -0.131. The predicted octanol–water partition coefficient (Wildman–Crippen LogP) is 4.16. The number of carbonyl (C=O) groups excluding carboxylic acids is 1. The summed E-state index contributed by atoms with van der Waals surface area (Å²) in [6, 6.07) is 21.7. The Labute approximate surface area is 157 Å². The molecule has 1 aliphatic heterocycles. The fourth-order valence-electron chi connectivity index (χ4n) is 4.15. The minimum absolute atomic E-state index is 0.174. The average molecular weight is 351 g/mol. The lowest BCUT2D eigenvalue weighted by Gasteiger charge is -2.30. The molecule has 3 nitrogen and oxygen atoms in total. The molecule has 138 valence electrons. The number of hydrogen-bond donors (Lipinski definition) is 0. The molecule has 2 aromatic carbocycles. The summed E-state index contributed by atoms with van der Waals surface area (Å²) in [4.78, 5) is 16.7. The van der Waals surface area contributed by atoms with Crippen molar-refractivity contribution < 1.29 is 4.79 Å². The normalized spacial score (nSPS) is 20.5. The summed E-state index contributed by atoms with van der Waals surface area (Å²) in [7, 11) is 0. The summed E-state index contributed by atoms with van der Waals surface area (Å²) < 4.78 is 0. The molecule has 0 N–H and O–H groups in total. The van der Waals surface area contributed by atoms with Crippen molar-refractivity contribution in [1.82, 2.24) is 9.80 Å². The summed E-state index contributed by atoms with van der Waals surface area (Å²) in [5.74, 6) is 1.11. The Hall–Kier alpha value is -2.13. The maximum absolute atomic E-state index is 12.1. The maximum atomic E-state index is 12.1. The number of hydrogen-bond acceptors (Lipinski definition) is 2. The first kappa shape index (κ1) is 18.7. The van der Waals surface area contributed by atoms with Crippen LogP contribution >= 0.6 is 0 Å². The number of nitrogens with zero attached hydrogens (tertiary/aromatic N) is 2. The second kappa shape index (κ2) is 8.50. The van der Waals surface area contributed by atoms with Gasteiger partial charge in [0.25, 0.3) is 0 Å². The van der Waals surface area contributed by atoms with Gasteiger partial charge in [0.05, 0.1) is 0 Å². The minimum atomic E-state index is 0.174. The first-order valence-electron chi connectivity index (χ1n) is 9.63. The van der Waals surface area contributed by atoms with Gasteiger partial charge in [-0.3, -0.25) is 9.69 Å². The van der Waals surface area contributed by atoms with Crippen LogP contribution in [0.4, 0.5) is 0 Å². The highest BCUT2D eigenvalue weighted by Gasteiger charge is 2.35. The van der Waals surface area contributed by atoms with E-state index in [0.29, 0.717) is 11.8 Å². The molecule has 3 rings (SSSR count). The third-order valence-electron chi connectivity index (χ3n) is 5.45. The van der Waals surface area contributed by atoms with Gasteiger partial charge in [-0.2, -0.15) is 0 Å². The Kier molecular flexibility index (Phi) is 6.10. The quantitative estimate of drug-likeness (QED) is 0.781. The molecule has 3 heteroatoms. The molecule has 0 radical (unpaired) electrons. The first-order chi connectivity index (χ1) is 12.5. The summed E-state index contributed by atoms with van der Waals surface area (Å²) >= 11 is 0. The zero-order valence-electron chi connectivity index (χ0n) is 16.1. The Bertz CT molecular complexity index is 699. The molecule has 2 aromatic rings. The standard InChI is InChI=1S/C23H30N2O/c1-18(2)25(19(3)26)16-22-15-24(14-20-10-6-4-7-11-20)17-23(22)21-12-8-5-9-13-21/h4-13,18,22-23H,14-17H2,1-3H3. The van der Waals surface area contributed by atoms with E-state index < -0.39 is 0 Å². The number of rotatable bonds is 6. The van der Waals surface area contributed by atoms with Crippen LogP contribution < -0.4 is 0 Å². The third kappa shape index (κ3) is 4.53. The molecule has 1 aliphatic rings. The van der Waals surface area contributed by atoms with E-state index in [1.807, 2.05) is 4.90 Å². The fourth-order valence-corrected chi connectivity index (χ4v) is 4.15. The van der Waals surface area contributed by atoms with Crippen LogP contribution in [-0.4, -0.2) is 41.4 Å². The molecule has 1 amide bonds. The van der Waals surface area contributed by atoms with Crippen LogP contribution in [0.1, 0.15) is 37.8 Å². The lowest BCUT2D eigenvalue weighted by Crippen LogP contribution is -2.40. The predicted molar refractivity (Wildman–Crippen MR) is 107 cm³/mol. The van der Waals surface area contributed by atoms with E-state index in [1.54, 1.807) is 6.92 Å². The van der Waals surface area contributed by atoms with Crippen LogP contribution in [0.5, 0.6) is 0 Å². The van der Waals surface area contributed by atoms with Crippen LogP contribution in [0.25, 0.3) is 0 Å². The van der Waals surface area contributed by atoms with Crippen molar-refractivity contribution in [1.29, 1.82) is 0 Å². The van der Waals surface area contributed by atoms with E-state index in [4.69, 9.17) is 0 Å². The van der Waals surface area contributed by atoms with Gasteiger partial charge in [0, 0.05) is 45.1 Å². The van der Waals surface area contributed by atoms with E-state index in [9.17, 15) is 4.79 Å². The highest BCUT2D eigenvalue weighted by Crippen LogP contribution is 2.34. The summed E-state index contributed by atoms with van der Waals surface area (Å²) in [5.41, 5.74) is 2.74. The molecule has 1 fully saturated rings. The molecular weight excluding hydrogens is 320 g/mol. The van der Waals surface area contributed by atoms with Crippen LogP contribution in [0.3, 0.4) is 0 Å². The smallest absolute Gasteiger partial charge is 0.219 e. The maximum Gasteiger partial charge on any atom is 0.219 e. The van der Waals surface area contributed by atoms with Gasteiger partial charge < -0.3 is 4.90 Å². The summed E-state index contributed by atoms with van der Waals surface area (Å²) in [6.07, 6.45) is 0. The average Bonchev–Trinajstić information content (AvgIpc) is 3.03. The molecule has 0 bridgehead atoms. The monoisotopic (exact) mass is 350 g/mol. The van der Waals surface area contributed by atoms with E-state index in [0.717, 1.165) is 26.2 Å². The second-order valence-corrected chi connectivity index (χ2v) is 7.72. The molecule has 26 heavy (non-hydrogen) atoms. The molecule has 2 unspecified atom stereocenters. The number of amides is 1. The van der Waals surface area contributed by atoms with Crippen molar-refractivity contribution in [3.8, 4) is 0 Å². The van der Waals surface area contributed by atoms with Gasteiger partial charge in [-0.25, -0.2) is 0 Å². The molecule has 0 aromatic heterocycles. The number of carbonyl (C=O) groups is 1. The number of likely N-dealkylation sites (tertiary alicyclic amines) is 1. The van der Waals surface area contributed by atoms with Crippen LogP contribution in [0.15, 0.2) is 60.7 Å². The molecule has 0 spiro atoms. The summed E-state index contributed by atoms with van der Waals surface area (Å²) in [5, 5.41) is 0. The van der Waals surface area contributed by atoms with Crippen molar-refractivity contribution in [2.75, 3.05) is 19.6 Å². The van der Waals surface area contributed by atoms with E-state index in [-0.39, 0.29) is 11.9 Å². The van der Waals surface area contributed by atoms with Crippen molar-refractivity contribution in [2.24, 2.45) is 5.92 Å². The first-order valence-corrected chi connectivity index (χ1v) is 9.63. The van der Waals surface area contributed by atoms with Gasteiger partial charge in [0.2, 0.25) is 5.91 Å². The highest BCUT2D eigenvalue weighted by molar-refractivity contribution is 5.73. The minimum Gasteiger partial charge on any atom is -0.340 e. The Balaban J connectivity index is 1.78. The largest absolute Gasteiger partial charge is 0.340 e. The van der Waals surface area contributed by atoms with Gasteiger partial charge in [-0.15, -0.1) is 0 Å². The Morgan fingerprint density at radius 1 is 1.04 bits per heavy atom. The fraction of sp³-hybridized carbons (Fsp3) is 0.435. The van der Waals surface area contributed by atoms with Crippen LogP contribution in [0, 0.1) is 5.92 Å². The van der Waals surface area contributed by atoms with E-state index in [1.165, 1.54) is 11.1 Å². The van der Waals surface area contributed by atoms with Crippen molar-refractivity contribution in [2.45, 2.75) is 39.3 Å². The highest BCUT2D eigenvalue weighted by atomic mass is 16.2. The zero-order chi connectivity index (χ0) is 18.5. The lowest BCUT2D eigenvalue weighted by atomic mass is 9.88. The SMILES string of the molecule is CC(=O)N(CC1CN(Cc2ccccc2)CC1c1ccccc1)C(C)C. The Morgan fingerprint density at radius 3 is 2.23 bits per heavy atom. The zero-order valence-corrected chi connectivity index (χ0v) is 16.1. The van der Waals surface area contributed by atoms with Gasteiger partial charge >= 0.3 is 0 Å². The van der Waals surface area contributed by atoms with Crippen molar-refractivity contribution in [3.63, 3.8) is 0 Å². The van der Waals surface area contributed by atoms with Gasteiger partial charge in [0.1, 0.15) is 0 Å². The number of benzene rings is 2. The van der Waals surface area contributed by atoms with Gasteiger partial charge in [-0.05, 0) is 30.9 Å². The van der Waals surface area contributed by atoms with Crippen LogP contribution in [0.2, 0.25) is 0 Å². The molecule has 0 aliphatic carbocycles. The second-order valence-electron chi connectivity index (χ2n) is 7.72. The molecule has 0 saturated carbocycles. The molecule has 2 atom stereocenters. The van der Waals surface area contributed by atoms with Crippen LogP contribution in [-0.2, 0) is 11.3 Å². The molecule has 1 heterocycles. The third-order valence-corrected chi connectivity index (χ3v) is 5.45.